The number of piperidine rings is 1. The smallest absolute Gasteiger partial charge is 0.338 e. The Hall–Kier alpha value is -2.63. The molecular weight excluding hydrogens is 388 g/mol. The van der Waals surface area contributed by atoms with Gasteiger partial charge in [0, 0.05) is 47.7 Å². The van der Waals surface area contributed by atoms with E-state index in [1.807, 2.05) is 30.3 Å². The molecule has 0 radical (unpaired) electrons. The minimum absolute atomic E-state index is 0.0900. The Balaban J connectivity index is 1.39. The molecule has 150 valence electrons. The maximum atomic E-state index is 11.9. The molecule has 1 aromatic heterocycles. The quantitative estimate of drug-likeness (QED) is 0.487. The van der Waals surface area contributed by atoms with E-state index in [0.717, 1.165) is 49.1 Å². The van der Waals surface area contributed by atoms with Gasteiger partial charge in [-0.2, -0.15) is 0 Å². The van der Waals surface area contributed by atoms with Gasteiger partial charge in [-0.3, -0.25) is 9.69 Å². The van der Waals surface area contributed by atoms with E-state index in [9.17, 15) is 9.59 Å². The van der Waals surface area contributed by atoms with Crippen LogP contribution in [0.2, 0.25) is 5.02 Å². The molecule has 0 atom stereocenters. The topological polar surface area (TPSA) is 62.6 Å². The molecule has 0 amide bonds. The molecule has 2 heterocycles. The summed E-state index contributed by atoms with van der Waals surface area (Å²) in [6.45, 7) is 4.39. The molecule has 2 aromatic carbocycles. The maximum absolute atomic E-state index is 11.9. The number of nitrogens with one attached hydrogen (secondary N) is 1. The van der Waals surface area contributed by atoms with Gasteiger partial charge in [0.15, 0.2) is 5.78 Å². The van der Waals surface area contributed by atoms with Crippen LogP contribution in [0.1, 0.15) is 35.7 Å². The summed E-state index contributed by atoms with van der Waals surface area (Å²) in [5, 5.41) is 4.95. The summed E-state index contributed by atoms with van der Waals surface area (Å²) in [5.74, 6) is 0.0900. The Morgan fingerprint density at radius 3 is 2.55 bits per heavy atom. The lowest BCUT2D eigenvalue weighted by Crippen LogP contribution is -2.38. The molecule has 0 saturated carbocycles. The monoisotopic (exact) mass is 410 g/mol. The maximum Gasteiger partial charge on any atom is 0.338 e. The predicted octanol–water partition coefficient (Wildman–Crippen LogP) is 4.73. The Morgan fingerprint density at radius 1 is 1.14 bits per heavy atom. The molecule has 0 bridgehead atoms. The first-order valence-electron chi connectivity index (χ1n) is 9.80. The van der Waals surface area contributed by atoms with Crippen molar-refractivity contribution in [2.24, 2.45) is 0 Å². The van der Waals surface area contributed by atoms with E-state index < -0.39 is 0 Å². The second-order valence-corrected chi connectivity index (χ2v) is 8.00. The van der Waals surface area contributed by atoms with E-state index in [-0.39, 0.29) is 17.5 Å². The van der Waals surface area contributed by atoms with Crippen LogP contribution in [-0.2, 0) is 6.54 Å². The number of hydrogen-bond acceptors (Lipinski definition) is 5. The molecule has 0 aliphatic carbocycles. The number of anilines is 1. The number of nitrogens with zero attached hydrogens (tertiary/aromatic N) is 1. The number of fused-ring (bicyclic) bond motifs is 1. The van der Waals surface area contributed by atoms with Crippen LogP contribution in [0.3, 0.4) is 0 Å². The second kappa shape index (κ2) is 8.39. The number of carbonyl (C=O) groups excluding carboxylic acids is 1. The van der Waals surface area contributed by atoms with Gasteiger partial charge in [0.25, 0.3) is 0 Å². The lowest BCUT2D eigenvalue weighted by molar-refractivity contribution is 0.101. The highest BCUT2D eigenvalue weighted by molar-refractivity contribution is 6.31. The van der Waals surface area contributed by atoms with Crippen molar-refractivity contribution in [1.29, 1.82) is 0 Å². The van der Waals surface area contributed by atoms with Crippen LogP contribution >= 0.6 is 11.6 Å². The Labute approximate surface area is 174 Å². The highest BCUT2D eigenvalue weighted by Gasteiger charge is 2.20. The molecule has 4 rings (SSSR count). The summed E-state index contributed by atoms with van der Waals surface area (Å²) in [4.78, 5) is 25.7. The fourth-order valence-corrected chi connectivity index (χ4v) is 3.99. The minimum Gasteiger partial charge on any atom is -0.423 e. The zero-order valence-corrected chi connectivity index (χ0v) is 17.0. The first kappa shape index (κ1) is 19.7. The van der Waals surface area contributed by atoms with E-state index in [2.05, 4.69) is 10.2 Å². The van der Waals surface area contributed by atoms with Gasteiger partial charge < -0.3 is 9.73 Å². The lowest BCUT2D eigenvalue weighted by atomic mass is 10.0. The largest absolute Gasteiger partial charge is 0.423 e. The number of carbonyl (C=O) groups is 1. The molecule has 1 aliphatic rings. The van der Waals surface area contributed by atoms with Crippen LogP contribution < -0.4 is 10.9 Å². The number of likely N-dealkylation sites (tertiary alicyclic amines) is 1. The molecule has 1 fully saturated rings. The number of hydrogen-bond donors (Lipinski definition) is 1. The normalized spacial score (nSPS) is 15.5. The van der Waals surface area contributed by atoms with Crippen LogP contribution in [0.5, 0.6) is 0 Å². The molecule has 1 saturated heterocycles. The van der Waals surface area contributed by atoms with Crippen LogP contribution in [-0.4, -0.2) is 29.8 Å². The fourth-order valence-electron chi connectivity index (χ4n) is 3.81. The third-order valence-electron chi connectivity index (χ3n) is 5.42. The average molecular weight is 411 g/mol. The zero-order chi connectivity index (χ0) is 20.4. The Kier molecular flexibility index (Phi) is 5.69. The summed E-state index contributed by atoms with van der Waals surface area (Å²) in [6.07, 6.45) is 1.96. The highest BCUT2D eigenvalue weighted by atomic mass is 35.5. The number of benzene rings is 2. The Morgan fingerprint density at radius 2 is 1.86 bits per heavy atom. The summed E-state index contributed by atoms with van der Waals surface area (Å²) in [6, 6.07) is 14.9. The molecule has 1 aliphatic heterocycles. The molecule has 5 nitrogen and oxygen atoms in total. The van der Waals surface area contributed by atoms with Crippen LogP contribution in [0.25, 0.3) is 11.0 Å². The van der Waals surface area contributed by atoms with E-state index in [1.54, 1.807) is 19.1 Å². The van der Waals surface area contributed by atoms with Gasteiger partial charge in [-0.1, -0.05) is 35.9 Å². The molecule has 3 aromatic rings. The molecule has 29 heavy (non-hydrogen) atoms. The molecule has 0 spiro atoms. The lowest BCUT2D eigenvalue weighted by Gasteiger charge is -2.33. The summed E-state index contributed by atoms with van der Waals surface area (Å²) >= 11 is 6.12. The van der Waals surface area contributed by atoms with E-state index in [0.29, 0.717) is 10.6 Å². The molecule has 1 N–H and O–H groups in total. The van der Waals surface area contributed by atoms with Crippen molar-refractivity contribution in [3.8, 4) is 0 Å². The van der Waals surface area contributed by atoms with Gasteiger partial charge in [-0.15, -0.1) is 0 Å². The molecule has 6 heteroatoms. The zero-order valence-electron chi connectivity index (χ0n) is 16.3. The van der Waals surface area contributed by atoms with Gasteiger partial charge in [0.2, 0.25) is 0 Å². The number of rotatable bonds is 5. The fraction of sp³-hybridized carbons (Fsp3) is 0.304. The third kappa shape index (κ3) is 4.69. The highest BCUT2D eigenvalue weighted by Crippen LogP contribution is 2.27. The molecule has 0 unspecified atom stereocenters. The van der Waals surface area contributed by atoms with Gasteiger partial charge in [-0.05, 0) is 43.5 Å². The van der Waals surface area contributed by atoms with Crippen LogP contribution in [0.15, 0.2) is 57.7 Å². The second-order valence-electron chi connectivity index (χ2n) is 7.57. The van der Waals surface area contributed by atoms with E-state index >= 15 is 0 Å². The SMILES string of the molecule is CC(=O)c1ccc(CN2CCC(Nc3cc(=O)oc4ccc(Cl)cc34)CC2)cc1. The summed E-state index contributed by atoms with van der Waals surface area (Å²) < 4.78 is 5.27. The van der Waals surface area contributed by atoms with Crippen molar-refractivity contribution < 1.29 is 9.21 Å². The van der Waals surface area contributed by atoms with Crippen LogP contribution in [0, 0.1) is 0 Å². The summed E-state index contributed by atoms with van der Waals surface area (Å²) in [5.41, 5.74) is 2.90. The van der Waals surface area contributed by atoms with E-state index in [4.69, 9.17) is 16.0 Å². The first-order chi connectivity index (χ1) is 14.0. The number of halogens is 1. The summed E-state index contributed by atoms with van der Waals surface area (Å²) in [7, 11) is 0. The van der Waals surface area contributed by atoms with Gasteiger partial charge >= 0.3 is 5.63 Å². The van der Waals surface area contributed by atoms with Crippen molar-refractivity contribution in [1.82, 2.24) is 4.90 Å². The minimum atomic E-state index is -0.367. The number of ketones is 1. The van der Waals surface area contributed by atoms with E-state index in [1.165, 1.54) is 11.6 Å². The van der Waals surface area contributed by atoms with Crippen LogP contribution in [0.4, 0.5) is 5.69 Å². The van der Waals surface area contributed by atoms with Crippen molar-refractivity contribution in [3.63, 3.8) is 0 Å². The predicted molar refractivity (Wildman–Crippen MR) is 116 cm³/mol. The van der Waals surface area contributed by atoms with Gasteiger partial charge in [-0.25, -0.2) is 4.79 Å². The molecular formula is C23H23ClN2O3. The first-order valence-corrected chi connectivity index (χ1v) is 10.2. The van der Waals surface area contributed by atoms with Gasteiger partial charge in [0.05, 0.1) is 5.69 Å². The van der Waals surface area contributed by atoms with Crippen molar-refractivity contribution in [3.05, 3.63) is 75.1 Å². The van der Waals surface area contributed by atoms with Gasteiger partial charge in [0.1, 0.15) is 5.58 Å². The standard InChI is InChI=1S/C23H23ClN2O3/c1-15(27)17-4-2-16(3-5-17)14-26-10-8-19(9-11-26)25-21-13-23(28)29-22-7-6-18(24)12-20(21)22/h2-7,12-13,19,25H,8-11,14H2,1H3. The average Bonchev–Trinajstić information content (AvgIpc) is 2.70. The Bertz CT molecular complexity index is 1080. The third-order valence-corrected chi connectivity index (χ3v) is 5.65. The van der Waals surface area contributed by atoms with Crippen molar-refractivity contribution >= 4 is 34.0 Å². The van der Waals surface area contributed by atoms with Crippen molar-refractivity contribution in [2.75, 3.05) is 18.4 Å². The van der Waals surface area contributed by atoms with Crippen molar-refractivity contribution in [2.45, 2.75) is 32.4 Å². The number of Topliss-reactive ketones (excluding diaryl/α,β-unsaturated/α-hetero) is 1.